The average molecular weight is 279 g/mol. The normalized spacial score (nSPS) is 11.5. The first-order valence-electron chi connectivity index (χ1n) is 6.94. The minimum absolute atomic E-state index is 0.306. The molecule has 0 heterocycles. The van der Waals surface area contributed by atoms with Gasteiger partial charge in [0.05, 0.1) is 12.1 Å². The van der Waals surface area contributed by atoms with Crippen molar-refractivity contribution in [2.24, 2.45) is 0 Å². The Morgan fingerprint density at radius 1 is 1.24 bits per heavy atom. The third-order valence-electron chi connectivity index (χ3n) is 3.50. The van der Waals surface area contributed by atoms with Crippen LogP contribution in [-0.2, 0) is 0 Å². The van der Waals surface area contributed by atoms with E-state index in [0.29, 0.717) is 22.9 Å². The van der Waals surface area contributed by atoms with E-state index >= 15 is 0 Å². The molecule has 106 valence electrons. The number of esters is 1. The third kappa shape index (κ3) is 3.49. The van der Waals surface area contributed by atoms with Gasteiger partial charge in [-0.15, -0.1) is 0 Å². The zero-order chi connectivity index (χ0) is 15.2. The predicted octanol–water partition coefficient (Wildman–Crippen LogP) is 4.97. The summed E-state index contributed by atoms with van der Waals surface area (Å²) in [6.45, 7) is 11.5. The van der Waals surface area contributed by atoms with Crippen LogP contribution in [0.15, 0.2) is 48.5 Å². The highest BCUT2D eigenvalue weighted by atomic mass is 16.5. The van der Waals surface area contributed by atoms with Crippen LogP contribution in [0, 0.1) is 6.57 Å². The topological polar surface area (TPSA) is 30.7 Å². The monoisotopic (exact) mass is 279 g/mol. The first-order valence-corrected chi connectivity index (χ1v) is 6.94. The minimum Gasteiger partial charge on any atom is -0.424 e. The summed E-state index contributed by atoms with van der Waals surface area (Å²) < 4.78 is 5.29. The van der Waals surface area contributed by atoms with E-state index in [-0.39, 0.29) is 0 Å². The summed E-state index contributed by atoms with van der Waals surface area (Å²) in [5.74, 6) is 0.344. The molecule has 1 unspecified atom stereocenters. The molecule has 3 nitrogen and oxygen atoms in total. The Kier molecular flexibility index (Phi) is 4.73. The molecule has 0 N–H and O–H groups in total. The molecule has 2 aromatic carbocycles. The van der Waals surface area contributed by atoms with Gasteiger partial charge in [0, 0.05) is 0 Å². The second-order valence-electron chi connectivity index (χ2n) is 4.90. The van der Waals surface area contributed by atoms with Gasteiger partial charge in [-0.1, -0.05) is 55.8 Å². The summed E-state index contributed by atoms with van der Waals surface area (Å²) in [5.41, 5.74) is 1.72. The van der Waals surface area contributed by atoms with Gasteiger partial charge in [-0.05, 0) is 24.5 Å². The summed E-state index contributed by atoms with van der Waals surface area (Å²) in [6.07, 6.45) is 0.991. The van der Waals surface area contributed by atoms with Gasteiger partial charge in [-0.3, -0.25) is 0 Å². The highest BCUT2D eigenvalue weighted by Crippen LogP contribution is 2.28. The molecule has 0 aliphatic heterocycles. The predicted molar refractivity (Wildman–Crippen MR) is 82.8 cm³/mol. The summed E-state index contributed by atoms with van der Waals surface area (Å²) in [4.78, 5) is 15.6. The molecule has 0 saturated carbocycles. The van der Waals surface area contributed by atoms with Crippen LogP contribution < -0.4 is 4.74 Å². The van der Waals surface area contributed by atoms with Gasteiger partial charge in [0.15, 0.2) is 0 Å². The first-order chi connectivity index (χ1) is 10.2. The van der Waals surface area contributed by atoms with E-state index in [0.717, 1.165) is 12.0 Å². The van der Waals surface area contributed by atoms with Crippen LogP contribution in [0.4, 0.5) is 5.69 Å². The van der Waals surface area contributed by atoms with E-state index in [1.807, 2.05) is 12.1 Å². The maximum absolute atomic E-state index is 12.2. The van der Waals surface area contributed by atoms with Crippen molar-refractivity contribution in [3.8, 4) is 5.75 Å². The van der Waals surface area contributed by atoms with E-state index < -0.39 is 5.97 Å². The Hall–Kier alpha value is -2.60. The number of ether oxygens (including phenoxy) is 1. The van der Waals surface area contributed by atoms with Crippen LogP contribution in [0.3, 0.4) is 0 Å². The zero-order valence-electron chi connectivity index (χ0n) is 12.2. The first kappa shape index (κ1) is 14.8. The van der Waals surface area contributed by atoms with Crippen molar-refractivity contribution in [1.82, 2.24) is 0 Å². The summed E-state index contributed by atoms with van der Waals surface area (Å²) in [6, 6.07) is 14.2. The Balaban J connectivity index is 2.27. The molecule has 0 saturated heterocycles. The fraction of sp³-hybridized carbons (Fsp3) is 0.222. The van der Waals surface area contributed by atoms with Gasteiger partial charge in [-0.2, -0.15) is 0 Å². The standard InChI is InChI=1S/C18H17NO2/c1-4-13(2)14-10-11-16(17(12-14)19-3)18(20)21-15-8-6-5-7-9-15/h5-13H,4H2,1-2H3. The molecule has 1 atom stereocenters. The van der Waals surface area contributed by atoms with Crippen LogP contribution in [0.25, 0.3) is 4.85 Å². The molecule has 0 aliphatic rings. The van der Waals surface area contributed by atoms with Gasteiger partial charge in [0.2, 0.25) is 5.69 Å². The third-order valence-corrected chi connectivity index (χ3v) is 3.50. The lowest BCUT2D eigenvalue weighted by atomic mass is 9.96. The lowest BCUT2D eigenvalue weighted by Gasteiger charge is -2.11. The Morgan fingerprint density at radius 3 is 2.57 bits per heavy atom. The van der Waals surface area contributed by atoms with Crippen LogP contribution >= 0.6 is 0 Å². The average Bonchev–Trinajstić information content (AvgIpc) is 2.54. The molecule has 0 bridgehead atoms. The minimum atomic E-state index is -0.497. The van der Waals surface area contributed by atoms with E-state index in [1.54, 1.807) is 36.4 Å². The maximum Gasteiger partial charge on any atom is 0.332 e. The number of para-hydroxylation sites is 1. The summed E-state index contributed by atoms with van der Waals surface area (Å²) in [5, 5.41) is 0. The number of hydrogen-bond acceptors (Lipinski definition) is 2. The molecule has 2 aromatic rings. The number of benzene rings is 2. The van der Waals surface area contributed by atoms with Gasteiger partial charge in [0.1, 0.15) is 5.75 Å². The summed E-state index contributed by atoms with van der Waals surface area (Å²) in [7, 11) is 0. The smallest absolute Gasteiger partial charge is 0.332 e. The molecule has 0 aromatic heterocycles. The van der Waals surface area contributed by atoms with Crippen molar-refractivity contribution in [3.63, 3.8) is 0 Å². The molecule has 0 radical (unpaired) electrons. The number of hydrogen-bond donors (Lipinski definition) is 0. The van der Waals surface area contributed by atoms with E-state index in [2.05, 4.69) is 18.7 Å². The van der Waals surface area contributed by atoms with Gasteiger partial charge >= 0.3 is 5.97 Å². The largest absolute Gasteiger partial charge is 0.424 e. The molecule has 0 spiro atoms. The Labute approximate surface area is 125 Å². The summed E-state index contributed by atoms with van der Waals surface area (Å²) >= 11 is 0. The lowest BCUT2D eigenvalue weighted by Crippen LogP contribution is -2.09. The lowest BCUT2D eigenvalue weighted by molar-refractivity contribution is 0.0736. The van der Waals surface area contributed by atoms with Crippen LogP contribution in [-0.4, -0.2) is 5.97 Å². The highest BCUT2D eigenvalue weighted by Gasteiger charge is 2.15. The molecule has 3 heteroatoms. The van der Waals surface area contributed by atoms with Gasteiger partial charge in [0.25, 0.3) is 0 Å². The van der Waals surface area contributed by atoms with E-state index in [4.69, 9.17) is 11.3 Å². The second kappa shape index (κ2) is 6.71. The number of rotatable bonds is 4. The van der Waals surface area contributed by atoms with Crippen molar-refractivity contribution < 1.29 is 9.53 Å². The van der Waals surface area contributed by atoms with Crippen molar-refractivity contribution in [1.29, 1.82) is 0 Å². The van der Waals surface area contributed by atoms with Crippen molar-refractivity contribution >= 4 is 11.7 Å². The molecule has 21 heavy (non-hydrogen) atoms. The van der Waals surface area contributed by atoms with Crippen molar-refractivity contribution in [3.05, 3.63) is 71.1 Å². The molecular weight excluding hydrogens is 262 g/mol. The fourth-order valence-corrected chi connectivity index (χ4v) is 2.01. The molecule has 0 fully saturated rings. The molecule has 2 rings (SSSR count). The van der Waals surface area contributed by atoms with E-state index in [1.165, 1.54) is 0 Å². The Bertz CT molecular complexity index is 671. The van der Waals surface area contributed by atoms with Gasteiger partial charge in [-0.25, -0.2) is 9.64 Å². The number of carbonyl (C=O) groups excluding carboxylic acids is 1. The maximum atomic E-state index is 12.2. The van der Waals surface area contributed by atoms with Crippen LogP contribution in [0.2, 0.25) is 0 Å². The zero-order valence-corrected chi connectivity index (χ0v) is 12.2. The van der Waals surface area contributed by atoms with Gasteiger partial charge < -0.3 is 4.74 Å². The molecular formula is C18H17NO2. The second-order valence-corrected chi connectivity index (χ2v) is 4.90. The SMILES string of the molecule is [C-]#[N+]c1cc(C(C)CC)ccc1C(=O)Oc1ccccc1. The molecule has 0 aliphatic carbocycles. The van der Waals surface area contributed by atoms with E-state index in [9.17, 15) is 4.79 Å². The number of nitrogens with zero attached hydrogens (tertiary/aromatic N) is 1. The quantitative estimate of drug-likeness (QED) is 0.449. The highest BCUT2D eigenvalue weighted by molar-refractivity contribution is 5.97. The van der Waals surface area contributed by atoms with Crippen LogP contribution in [0.1, 0.15) is 42.1 Å². The molecule has 0 amide bonds. The van der Waals surface area contributed by atoms with Crippen molar-refractivity contribution in [2.45, 2.75) is 26.2 Å². The van der Waals surface area contributed by atoms with Crippen molar-refractivity contribution in [2.75, 3.05) is 0 Å². The Morgan fingerprint density at radius 2 is 1.95 bits per heavy atom. The van der Waals surface area contributed by atoms with Crippen LogP contribution in [0.5, 0.6) is 5.75 Å². The fourth-order valence-electron chi connectivity index (χ4n) is 2.01. The number of carbonyl (C=O) groups is 1.